The highest BCUT2D eigenvalue weighted by Crippen LogP contribution is 2.29. The maximum Gasteiger partial charge on any atom is 0.182 e. The molecule has 0 spiro atoms. The molecule has 0 bridgehead atoms. The van der Waals surface area contributed by atoms with E-state index in [0.717, 1.165) is 26.8 Å². The van der Waals surface area contributed by atoms with Crippen LogP contribution in [0.4, 0.5) is 0 Å². The molecule has 3 rings (SSSR count). The Morgan fingerprint density at radius 2 is 2.05 bits per heavy atom. The highest BCUT2D eigenvalue weighted by Gasteiger charge is 2.11. The third kappa shape index (κ3) is 2.14. The van der Waals surface area contributed by atoms with Crippen LogP contribution in [0, 0.1) is 11.7 Å². The van der Waals surface area contributed by atoms with E-state index in [4.69, 9.17) is 23.8 Å². The summed E-state index contributed by atoms with van der Waals surface area (Å²) >= 11 is 15.2. The lowest BCUT2D eigenvalue weighted by molar-refractivity contribution is 1.05. The summed E-state index contributed by atoms with van der Waals surface area (Å²) in [6.45, 7) is 2.05. The number of fused-ring (bicyclic) bond motifs is 1. The Balaban J connectivity index is 2.46. The van der Waals surface area contributed by atoms with Gasteiger partial charge in [-0.2, -0.15) is 0 Å². The van der Waals surface area contributed by atoms with Crippen LogP contribution < -0.4 is 0 Å². The molecule has 0 saturated heterocycles. The van der Waals surface area contributed by atoms with Crippen molar-refractivity contribution in [2.24, 2.45) is 0 Å². The van der Waals surface area contributed by atoms with Gasteiger partial charge < -0.3 is 4.98 Å². The number of aromatic amines is 1. The number of rotatable bonds is 1. The fourth-order valence-corrected chi connectivity index (χ4v) is 3.08. The molecule has 2 aromatic carbocycles. The number of aromatic nitrogens is 2. The number of nitrogens with zero attached hydrogens (tertiary/aromatic N) is 1. The molecule has 0 aliphatic rings. The standard InChI is InChI=1S/C14H10BrClN2S/c1-8-5-6-9(15)7-12(8)18-13-10(16)3-2-4-11(13)17-14(18)19/h2-7H,1H3,(H,17,19). The van der Waals surface area contributed by atoms with Crippen LogP contribution in [0.2, 0.25) is 5.02 Å². The van der Waals surface area contributed by atoms with E-state index in [1.165, 1.54) is 0 Å². The number of hydrogen-bond donors (Lipinski definition) is 1. The maximum atomic E-state index is 6.32. The lowest BCUT2D eigenvalue weighted by atomic mass is 10.2. The Hall–Kier alpha value is -1.10. The second kappa shape index (κ2) is 4.78. The van der Waals surface area contributed by atoms with Crippen molar-refractivity contribution in [2.45, 2.75) is 6.92 Å². The van der Waals surface area contributed by atoms with Crippen LogP contribution in [0.3, 0.4) is 0 Å². The van der Waals surface area contributed by atoms with E-state index >= 15 is 0 Å². The number of aryl methyl sites for hydroxylation is 1. The summed E-state index contributed by atoms with van der Waals surface area (Å²) in [6, 6.07) is 11.9. The quantitative estimate of drug-likeness (QED) is 0.580. The summed E-state index contributed by atoms with van der Waals surface area (Å²) in [6.07, 6.45) is 0. The van der Waals surface area contributed by atoms with Crippen molar-refractivity contribution in [3.63, 3.8) is 0 Å². The Morgan fingerprint density at radius 1 is 1.26 bits per heavy atom. The summed E-state index contributed by atoms with van der Waals surface area (Å²) in [5.41, 5.74) is 4.02. The molecular weight excluding hydrogens is 344 g/mol. The van der Waals surface area contributed by atoms with E-state index in [-0.39, 0.29) is 0 Å². The summed E-state index contributed by atoms with van der Waals surface area (Å²) in [7, 11) is 0. The predicted octanol–water partition coefficient (Wildman–Crippen LogP) is 5.41. The number of imidazole rings is 1. The van der Waals surface area contributed by atoms with Gasteiger partial charge in [0.1, 0.15) is 0 Å². The normalized spacial score (nSPS) is 11.1. The Labute approximate surface area is 129 Å². The van der Waals surface area contributed by atoms with Gasteiger partial charge in [-0.1, -0.05) is 39.7 Å². The minimum Gasteiger partial charge on any atom is -0.330 e. The van der Waals surface area contributed by atoms with E-state index in [0.29, 0.717) is 9.79 Å². The van der Waals surface area contributed by atoms with Crippen LogP contribution in [0.25, 0.3) is 16.7 Å². The van der Waals surface area contributed by atoms with Crippen molar-refractivity contribution in [2.75, 3.05) is 0 Å². The van der Waals surface area contributed by atoms with E-state index < -0.39 is 0 Å². The molecule has 0 atom stereocenters. The SMILES string of the molecule is Cc1ccc(Br)cc1-n1c(=S)[nH]c2cccc(Cl)c21. The third-order valence-electron chi connectivity index (χ3n) is 3.07. The molecule has 0 fully saturated rings. The molecule has 19 heavy (non-hydrogen) atoms. The van der Waals surface area contributed by atoms with E-state index in [9.17, 15) is 0 Å². The topological polar surface area (TPSA) is 20.7 Å². The molecule has 0 aliphatic heterocycles. The Kier molecular flexibility index (Phi) is 3.25. The minimum atomic E-state index is 0.643. The molecule has 1 heterocycles. The zero-order valence-electron chi connectivity index (χ0n) is 10.1. The first-order valence-corrected chi connectivity index (χ1v) is 7.31. The monoisotopic (exact) mass is 352 g/mol. The van der Waals surface area contributed by atoms with Crippen LogP contribution in [-0.4, -0.2) is 9.55 Å². The van der Waals surface area contributed by atoms with Gasteiger partial charge in [0.15, 0.2) is 4.77 Å². The van der Waals surface area contributed by atoms with E-state index in [2.05, 4.69) is 33.9 Å². The molecule has 3 aromatic rings. The van der Waals surface area contributed by atoms with Gasteiger partial charge in [-0.05, 0) is 49.0 Å². The molecule has 96 valence electrons. The van der Waals surface area contributed by atoms with Crippen LogP contribution in [0.15, 0.2) is 40.9 Å². The number of halogens is 2. The predicted molar refractivity (Wildman–Crippen MR) is 85.9 cm³/mol. The lowest BCUT2D eigenvalue weighted by Crippen LogP contribution is -1.97. The Bertz CT molecular complexity index is 835. The molecule has 1 aromatic heterocycles. The highest BCUT2D eigenvalue weighted by atomic mass is 79.9. The zero-order valence-corrected chi connectivity index (χ0v) is 13.2. The highest BCUT2D eigenvalue weighted by molar-refractivity contribution is 9.10. The molecule has 0 radical (unpaired) electrons. The van der Waals surface area contributed by atoms with Crippen molar-refractivity contribution in [1.82, 2.24) is 9.55 Å². The summed E-state index contributed by atoms with van der Waals surface area (Å²) in [5.74, 6) is 0. The van der Waals surface area contributed by atoms with E-state index in [1.807, 2.05) is 34.9 Å². The van der Waals surface area contributed by atoms with Crippen LogP contribution in [0.5, 0.6) is 0 Å². The molecular formula is C14H10BrClN2S. The van der Waals surface area contributed by atoms with Crippen molar-refractivity contribution >= 4 is 50.8 Å². The zero-order chi connectivity index (χ0) is 13.6. The summed E-state index contributed by atoms with van der Waals surface area (Å²) < 4.78 is 3.63. The number of benzene rings is 2. The average Bonchev–Trinajstić information content (AvgIpc) is 2.70. The molecule has 0 aliphatic carbocycles. The largest absolute Gasteiger partial charge is 0.330 e. The van der Waals surface area contributed by atoms with Gasteiger partial charge in [0.2, 0.25) is 0 Å². The molecule has 5 heteroatoms. The van der Waals surface area contributed by atoms with Gasteiger partial charge in [0, 0.05) is 4.47 Å². The number of hydrogen-bond acceptors (Lipinski definition) is 1. The number of H-pyrrole nitrogens is 1. The lowest BCUT2D eigenvalue weighted by Gasteiger charge is -2.09. The summed E-state index contributed by atoms with van der Waals surface area (Å²) in [5, 5.41) is 0.684. The van der Waals surface area contributed by atoms with Crippen molar-refractivity contribution in [3.8, 4) is 5.69 Å². The second-order valence-electron chi connectivity index (χ2n) is 4.33. The molecule has 0 amide bonds. The first-order valence-electron chi connectivity index (χ1n) is 5.73. The molecule has 0 saturated carbocycles. The first kappa shape index (κ1) is 12.9. The Morgan fingerprint density at radius 3 is 2.84 bits per heavy atom. The van der Waals surface area contributed by atoms with Gasteiger partial charge in [-0.3, -0.25) is 4.57 Å². The fourth-order valence-electron chi connectivity index (χ4n) is 2.17. The van der Waals surface area contributed by atoms with Gasteiger partial charge in [0.05, 0.1) is 21.7 Å². The molecule has 2 nitrogen and oxygen atoms in total. The average molecular weight is 354 g/mol. The van der Waals surface area contributed by atoms with Gasteiger partial charge in [0.25, 0.3) is 0 Å². The summed E-state index contributed by atoms with van der Waals surface area (Å²) in [4.78, 5) is 3.19. The van der Waals surface area contributed by atoms with Gasteiger partial charge in [-0.15, -0.1) is 0 Å². The van der Waals surface area contributed by atoms with Gasteiger partial charge in [-0.25, -0.2) is 0 Å². The van der Waals surface area contributed by atoms with Crippen molar-refractivity contribution < 1.29 is 0 Å². The maximum absolute atomic E-state index is 6.32. The van der Waals surface area contributed by atoms with Crippen molar-refractivity contribution in [3.05, 3.63) is 56.2 Å². The smallest absolute Gasteiger partial charge is 0.182 e. The van der Waals surface area contributed by atoms with Crippen LogP contribution in [0.1, 0.15) is 5.56 Å². The molecule has 1 N–H and O–H groups in total. The molecule has 0 unspecified atom stereocenters. The fraction of sp³-hybridized carbons (Fsp3) is 0.0714. The first-order chi connectivity index (χ1) is 9.08. The van der Waals surface area contributed by atoms with Crippen molar-refractivity contribution in [1.29, 1.82) is 0 Å². The van der Waals surface area contributed by atoms with Crippen LogP contribution in [-0.2, 0) is 0 Å². The third-order valence-corrected chi connectivity index (χ3v) is 4.15. The number of nitrogens with one attached hydrogen (secondary N) is 1. The van der Waals surface area contributed by atoms with Crippen LogP contribution >= 0.6 is 39.7 Å². The minimum absolute atomic E-state index is 0.643. The second-order valence-corrected chi connectivity index (χ2v) is 6.04. The number of para-hydroxylation sites is 1. The van der Waals surface area contributed by atoms with Gasteiger partial charge >= 0.3 is 0 Å². The van der Waals surface area contributed by atoms with E-state index in [1.54, 1.807) is 0 Å².